The summed E-state index contributed by atoms with van der Waals surface area (Å²) in [7, 11) is 0. The largest absolute Gasteiger partial charge is 0.487 e. The number of benzene rings is 1. The van der Waals surface area contributed by atoms with E-state index in [9.17, 15) is 0 Å². The molecule has 1 aromatic carbocycles. The van der Waals surface area contributed by atoms with Gasteiger partial charge in [-0.05, 0) is 49.6 Å². The topological polar surface area (TPSA) is 80.5 Å². The third-order valence-electron chi connectivity index (χ3n) is 4.13. The molecule has 0 unspecified atom stereocenters. The Balaban J connectivity index is 1.37. The maximum atomic E-state index is 7.64. The zero-order chi connectivity index (χ0) is 20.3. The van der Waals surface area contributed by atoms with Crippen molar-refractivity contribution in [2.45, 2.75) is 26.4 Å². The summed E-state index contributed by atoms with van der Waals surface area (Å²) < 4.78 is 5.71. The maximum Gasteiger partial charge on any atom is 0.138 e. The van der Waals surface area contributed by atoms with Crippen molar-refractivity contribution < 1.29 is 9.57 Å². The second-order valence-corrected chi connectivity index (χ2v) is 6.50. The van der Waals surface area contributed by atoms with Crippen LogP contribution in [0.4, 0.5) is 0 Å². The third kappa shape index (κ3) is 6.84. The number of ether oxygens (including phenoxy) is 1. The van der Waals surface area contributed by atoms with Crippen LogP contribution in [-0.2, 0) is 17.9 Å². The molecule has 3 rings (SSSR count). The molecule has 3 aromatic rings. The molecular formula is C23H24N4O2. The van der Waals surface area contributed by atoms with E-state index in [1.54, 1.807) is 19.3 Å². The van der Waals surface area contributed by atoms with Crippen molar-refractivity contribution in [1.29, 1.82) is 5.41 Å². The van der Waals surface area contributed by atoms with Crippen LogP contribution in [0.3, 0.4) is 0 Å². The molecular weight excluding hydrogens is 364 g/mol. The smallest absolute Gasteiger partial charge is 0.138 e. The van der Waals surface area contributed by atoms with Gasteiger partial charge in [0.2, 0.25) is 0 Å². The number of aromatic nitrogens is 2. The first-order valence-electron chi connectivity index (χ1n) is 9.50. The van der Waals surface area contributed by atoms with Gasteiger partial charge in [-0.25, -0.2) is 0 Å². The van der Waals surface area contributed by atoms with Crippen LogP contribution in [-0.4, -0.2) is 28.5 Å². The lowest BCUT2D eigenvalue weighted by atomic mass is 10.2. The third-order valence-corrected chi connectivity index (χ3v) is 4.13. The normalized spacial score (nSPS) is 10.8. The Morgan fingerprint density at radius 2 is 1.93 bits per heavy atom. The molecule has 6 nitrogen and oxygen atoms in total. The molecule has 0 aliphatic heterocycles. The molecule has 0 spiro atoms. The number of pyridine rings is 2. The molecule has 29 heavy (non-hydrogen) atoms. The molecule has 6 heteroatoms. The summed E-state index contributed by atoms with van der Waals surface area (Å²) in [5, 5.41) is 11.6. The Kier molecular flexibility index (Phi) is 7.46. The lowest BCUT2D eigenvalue weighted by Gasteiger charge is -2.05. The van der Waals surface area contributed by atoms with E-state index in [1.165, 1.54) is 0 Å². The standard InChI is InChI=1S/C23H24N4O2/c1-18(24)23-11-5-9-20(27-23)10-6-14-29-26-15-21-12-13-22(16-25-21)28-17-19-7-3-2-4-8-19/h2-5,7-9,11-13,15-16,24H,6,10,14,17H2,1H3/b24-18?,26-15+. The highest BCUT2D eigenvalue weighted by Gasteiger charge is 2.00. The highest BCUT2D eigenvalue weighted by molar-refractivity contribution is 5.94. The first kappa shape index (κ1) is 20.2. The van der Waals surface area contributed by atoms with Crippen molar-refractivity contribution >= 4 is 11.9 Å². The summed E-state index contributed by atoms with van der Waals surface area (Å²) in [5.41, 5.74) is 3.95. The summed E-state index contributed by atoms with van der Waals surface area (Å²) in [5.74, 6) is 0.710. The quantitative estimate of drug-likeness (QED) is 0.317. The van der Waals surface area contributed by atoms with E-state index in [0.717, 1.165) is 24.1 Å². The van der Waals surface area contributed by atoms with Crippen LogP contribution in [0, 0.1) is 5.41 Å². The van der Waals surface area contributed by atoms with Crippen LogP contribution in [0.5, 0.6) is 5.75 Å². The van der Waals surface area contributed by atoms with E-state index in [2.05, 4.69) is 15.1 Å². The molecule has 0 amide bonds. The predicted molar refractivity (Wildman–Crippen MR) is 114 cm³/mol. The summed E-state index contributed by atoms with van der Waals surface area (Å²) in [6, 6.07) is 19.4. The van der Waals surface area contributed by atoms with Gasteiger partial charge in [-0.2, -0.15) is 0 Å². The average Bonchev–Trinajstić information content (AvgIpc) is 2.76. The van der Waals surface area contributed by atoms with Gasteiger partial charge in [0.1, 0.15) is 19.0 Å². The molecule has 0 saturated heterocycles. The fraction of sp³-hybridized carbons (Fsp3) is 0.217. The Morgan fingerprint density at radius 3 is 2.69 bits per heavy atom. The maximum absolute atomic E-state index is 7.64. The summed E-state index contributed by atoms with van der Waals surface area (Å²) >= 11 is 0. The number of rotatable bonds is 10. The van der Waals surface area contributed by atoms with E-state index < -0.39 is 0 Å². The first-order valence-corrected chi connectivity index (χ1v) is 9.50. The van der Waals surface area contributed by atoms with Crippen molar-refractivity contribution in [3.05, 3.63) is 89.5 Å². The molecule has 2 aromatic heterocycles. The van der Waals surface area contributed by atoms with Gasteiger partial charge in [0.15, 0.2) is 0 Å². The summed E-state index contributed by atoms with van der Waals surface area (Å²) in [4.78, 5) is 14.0. The minimum Gasteiger partial charge on any atom is -0.487 e. The van der Waals surface area contributed by atoms with Gasteiger partial charge in [-0.15, -0.1) is 0 Å². The number of aryl methyl sites for hydroxylation is 1. The number of nitrogens with one attached hydrogen (secondary N) is 1. The molecule has 2 heterocycles. The average molecular weight is 388 g/mol. The van der Waals surface area contributed by atoms with Gasteiger partial charge in [0, 0.05) is 5.69 Å². The van der Waals surface area contributed by atoms with Gasteiger partial charge >= 0.3 is 0 Å². The second kappa shape index (κ2) is 10.7. The van der Waals surface area contributed by atoms with Crippen molar-refractivity contribution in [1.82, 2.24) is 9.97 Å². The van der Waals surface area contributed by atoms with Crippen LogP contribution >= 0.6 is 0 Å². The molecule has 1 N–H and O–H groups in total. The Bertz CT molecular complexity index is 941. The number of oxime groups is 1. The lowest BCUT2D eigenvalue weighted by molar-refractivity contribution is 0.143. The van der Waals surface area contributed by atoms with Gasteiger partial charge in [0.05, 0.1) is 29.5 Å². The summed E-state index contributed by atoms with van der Waals surface area (Å²) in [6.45, 7) is 2.74. The Labute approximate surface area is 170 Å². The molecule has 0 saturated carbocycles. The number of hydrogen-bond donors (Lipinski definition) is 1. The molecule has 148 valence electrons. The van der Waals surface area contributed by atoms with Crippen LogP contribution < -0.4 is 4.74 Å². The van der Waals surface area contributed by atoms with Crippen LogP contribution in [0.2, 0.25) is 0 Å². The first-order chi connectivity index (χ1) is 14.2. The van der Waals surface area contributed by atoms with Crippen LogP contribution in [0.15, 0.2) is 72.0 Å². The molecule has 0 radical (unpaired) electrons. The van der Waals surface area contributed by atoms with Crippen molar-refractivity contribution in [2.24, 2.45) is 5.16 Å². The highest BCUT2D eigenvalue weighted by Crippen LogP contribution is 2.11. The fourth-order valence-corrected chi connectivity index (χ4v) is 2.58. The van der Waals surface area contributed by atoms with E-state index >= 15 is 0 Å². The number of hydrogen-bond acceptors (Lipinski definition) is 6. The van der Waals surface area contributed by atoms with E-state index in [1.807, 2.05) is 60.7 Å². The van der Waals surface area contributed by atoms with E-state index in [-0.39, 0.29) is 0 Å². The van der Waals surface area contributed by atoms with Crippen molar-refractivity contribution in [2.75, 3.05) is 6.61 Å². The molecule has 0 aliphatic carbocycles. The van der Waals surface area contributed by atoms with Crippen molar-refractivity contribution in [3.8, 4) is 5.75 Å². The van der Waals surface area contributed by atoms with Gasteiger partial charge in [0.25, 0.3) is 0 Å². The molecule has 0 aliphatic rings. The molecule has 0 fully saturated rings. The van der Waals surface area contributed by atoms with Crippen molar-refractivity contribution in [3.63, 3.8) is 0 Å². The van der Waals surface area contributed by atoms with E-state index in [0.29, 0.717) is 36.1 Å². The van der Waals surface area contributed by atoms with Crippen LogP contribution in [0.25, 0.3) is 0 Å². The van der Waals surface area contributed by atoms with Gasteiger partial charge in [-0.1, -0.05) is 41.6 Å². The Morgan fingerprint density at radius 1 is 1.07 bits per heavy atom. The minimum absolute atomic E-state index is 0.469. The summed E-state index contributed by atoms with van der Waals surface area (Å²) in [6.07, 6.45) is 4.83. The highest BCUT2D eigenvalue weighted by atomic mass is 16.6. The lowest BCUT2D eigenvalue weighted by Crippen LogP contribution is -2.01. The van der Waals surface area contributed by atoms with Crippen LogP contribution in [0.1, 0.15) is 36.0 Å². The zero-order valence-corrected chi connectivity index (χ0v) is 16.4. The van der Waals surface area contributed by atoms with E-state index in [4.69, 9.17) is 15.0 Å². The predicted octanol–water partition coefficient (Wildman–Crippen LogP) is 4.43. The molecule has 0 bridgehead atoms. The monoisotopic (exact) mass is 388 g/mol. The minimum atomic E-state index is 0.469. The molecule has 0 atom stereocenters. The van der Waals surface area contributed by atoms with Gasteiger partial charge < -0.3 is 15.0 Å². The second-order valence-electron chi connectivity index (χ2n) is 6.50. The Hall–Kier alpha value is -3.54. The van der Waals surface area contributed by atoms with Gasteiger partial charge in [-0.3, -0.25) is 9.97 Å². The number of nitrogens with zero attached hydrogens (tertiary/aromatic N) is 3. The zero-order valence-electron chi connectivity index (χ0n) is 16.4. The SMILES string of the molecule is CC(=N)c1cccc(CCCO/N=C/c2ccc(OCc3ccccc3)cn2)n1. The fourth-order valence-electron chi connectivity index (χ4n) is 2.58.